The van der Waals surface area contributed by atoms with Gasteiger partial charge in [-0.25, -0.2) is 0 Å². The zero-order valence-corrected chi connectivity index (χ0v) is 10.6. The number of nitrogens with one attached hydrogen (secondary N) is 1. The molecule has 0 amide bonds. The van der Waals surface area contributed by atoms with Crippen LogP contribution in [0, 0.1) is 5.92 Å². The maximum Gasteiger partial charge on any atom is 0.0107 e. The molecule has 0 spiro atoms. The van der Waals surface area contributed by atoms with Gasteiger partial charge in [0.1, 0.15) is 0 Å². The molecule has 0 aromatic heterocycles. The normalized spacial score (nSPS) is 28.3. The Balaban J connectivity index is 1.74. The van der Waals surface area contributed by atoms with E-state index in [0.29, 0.717) is 0 Å². The Hall–Kier alpha value is -0.470. The Morgan fingerprint density at radius 3 is 3.19 bits per heavy atom. The largest absolute Gasteiger partial charge is 0.316 e. The van der Waals surface area contributed by atoms with Crippen LogP contribution in [0.25, 0.3) is 0 Å². The highest BCUT2D eigenvalue weighted by molar-refractivity contribution is 8.00. The zero-order chi connectivity index (χ0) is 11.0. The lowest BCUT2D eigenvalue weighted by molar-refractivity contribution is 0.579. The van der Waals surface area contributed by atoms with Crippen LogP contribution in [-0.2, 0) is 12.8 Å². The van der Waals surface area contributed by atoms with Crippen molar-refractivity contribution in [1.29, 1.82) is 0 Å². The molecular formula is C14H19NS. The third kappa shape index (κ3) is 2.14. The molecule has 0 saturated carbocycles. The van der Waals surface area contributed by atoms with E-state index >= 15 is 0 Å². The molecule has 1 nitrogen and oxygen atoms in total. The Kier molecular flexibility index (Phi) is 2.95. The van der Waals surface area contributed by atoms with Gasteiger partial charge >= 0.3 is 0 Å². The van der Waals surface area contributed by atoms with E-state index < -0.39 is 0 Å². The van der Waals surface area contributed by atoms with Crippen LogP contribution in [0.5, 0.6) is 0 Å². The number of fused-ring (bicyclic) bond motifs is 1. The first-order chi connectivity index (χ1) is 7.81. The summed E-state index contributed by atoms with van der Waals surface area (Å²) in [5.74, 6) is 0.865. The van der Waals surface area contributed by atoms with E-state index in [1.807, 2.05) is 11.8 Å². The predicted molar refractivity (Wildman–Crippen MR) is 70.1 cm³/mol. The SMILES string of the molecule is CC1Cc2cc(CC3CCNC3)ccc2S1. The third-order valence-corrected chi connectivity index (χ3v) is 4.87. The lowest BCUT2D eigenvalue weighted by Gasteiger charge is -2.09. The molecule has 2 aliphatic heterocycles. The summed E-state index contributed by atoms with van der Waals surface area (Å²) in [5.41, 5.74) is 3.13. The highest BCUT2D eigenvalue weighted by Gasteiger charge is 2.20. The van der Waals surface area contributed by atoms with E-state index in [4.69, 9.17) is 0 Å². The van der Waals surface area contributed by atoms with Gasteiger partial charge in [-0.15, -0.1) is 11.8 Å². The molecule has 16 heavy (non-hydrogen) atoms. The minimum Gasteiger partial charge on any atom is -0.316 e. The Labute approximate surface area is 102 Å². The first-order valence-electron chi connectivity index (χ1n) is 6.30. The average Bonchev–Trinajstić information content (AvgIpc) is 2.85. The first kappa shape index (κ1) is 10.7. The van der Waals surface area contributed by atoms with Crippen LogP contribution in [0.15, 0.2) is 23.1 Å². The lowest BCUT2D eigenvalue weighted by Crippen LogP contribution is -2.10. The van der Waals surface area contributed by atoms with Crippen molar-refractivity contribution in [2.75, 3.05) is 13.1 Å². The monoisotopic (exact) mass is 233 g/mol. The topological polar surface area (TPSA) is 12.0 Å². The summed E-state index contributed by atoms with van der Waals surface area (Å²) in [4.78, 5) is 1.51. The van der Waals surface area contributed by atoms with Crippen molar-refractivity contribution in [3.63, 3.8) is 0 Å². The Morgan fingerprint density at radius 2 is 2.38 bits per heavy atom. The van der Waals surface area contributed by atoms with E-state index in [2.05, 4.69) is 30.4 Å². The van der Waals surface area contributed by atoms with E-state index in [9.17, 15) is 0 Å². The summed E-state index contributed by atoms with van der Waals surface area (Å²) in [7, 11) is 0. The number of rotatable bonds is 2. The average molecular weight is 233 g/mol. The molecule has 0 radical (unpaired) electrons. The van der Waals surface area contributed by atoms with E-state index in [1.165, 1.54) is 37.2 Å². The zero-order valence-electron chi connectivity index (χ0n) is 9.83. The van der Waals surface area contributed by atoms with Gasteiger partial charge in [0.15, 0.2) is 0 Å². The van der Waals surface area contributed by atoms with Gasteiger partial charge in [-0.1, -0.05) is 19.1 Å². The standard InChI is InChI=1S/C14H19NS/c1-10-6-13-8-11(2-3-14(13)16-10)7-12-4-5-15-9-12/h2-3,8,10,12,15H,4-7,9H2,1H3. The molecule has 2 heteroatoms. The van der Waals surface area contributed by atoms with Crippen molar-refractivity contribution in [1.82, 2.24) is 5.32 Å². The fourth-order valence-corrected chi connectivity index (χ4v) is 3.96. The van der Waals surface area contributed by atoms with Crippen LogP contribution in [0.4, 0.5) is 0 Å². The molecule has 1 fully saturated rings. The van der Waals surface area contributed by atoms with Crippen molar-refractivity contribution in [3.8, 4) is 0 Å². The molecular weight excluding hydrogens is 214 g/mol. The molecule has 1 aromatic carbocycles. The second-order valence-corrected chi connectivity index (χ2v) is 6.62. The van der Waals surface area contributed by atoms with Crippen LogP contribution in [0.2, 0.25) is 0 Å². The summed E-state index contributed by atoms with van der Waals surface area (Å²) < 4.78 is 0. The summed E-state index contributed by atoms with van der Waals surface area (Å²) in [6.45, 7) is 4.75. The van der Waals surface area contributed by atoms with Gasteiger partial charge in [-0.3, -0.25) is 0 Å². The van der Waals surface area contributed by atoms with Crippen LogP contribution >= 0.6 is 11.8 Å². The van der Waals surface area contributed by atoms with Crippen LogP contribution in [-0.4, -0.2) is 18.3 Å². The maximum absolute atomic E-state index is 3.45. The fraction of sp³-hybridized carbons (Fsp3) is 0.571. The van der Waals surface area contributed by atoms with Gasteiger partial charge in [0, 0.05) is 10.1 Å². The number of hydrogen-bond acceptors (Lipinski definition) is 2. The molecule has 2 atom stereocenters. The maximum atomic E-state index is 3.45. The van der Waals surface area contributed by atoms with Gasteiger partial charge in [-0.2, -0.15) is 0 Å². The molecule has 2 heterocycles. The summed E-state index contributed by atoms with van der Waals surface area (Å²) in [6.07, 6.45) is 3.87. The Bertz CT molecular complexity index is 382. The lowest BCUT2D eigenvalue weighted by atomic mass is 9.96. The molecule has 0 bridgehead atoms. The van der Waals surface area contributed by atoms with Crippen molar-refractivity contribution in [2.24, 2.45) is 5.92 Å². The van der Waals surface area contributed by atoms with Crippen molar-refractivity contribution in [2.45, 2.75) is 36.3 Å². The molecule has 2 unspecified atom stereocenters. The highest BCUT2D eigenvalue weighted by atomic mass is 32.2. The summed E-state index contributed by atoms with van der Waals surface area (Å²) in [5, 5.41) is 4.22. The van der Waals surface area contributed by atoms with Gasteiger partial charge in [0.05, 0.1) is 0 Å². The molecule has 1 aromatic rings. The number of thioether (sulfide) groups is 1. The summed E-state index contributed by atoms with van der Waals surface area (Å²) in [6, 6.07) is 7.12. The second kappa shape index (κ2) is 4.42. The van der Waals surface area contributed by atoms with Gasteiger partial charge < -0.3 is 5.32 Å². The molecule has 86 valence electrons. The van der Waals surface area contributed by atoms with Gasteiger partial charge in [0.25, 0.3) is 0 Å². The third-order valence-electron chi connectivity index (χ3n) is 3.65. The van der Waals surface area contributed by atoms with Crippen molar-refractivity contribution in [3.05, 3.63) is 29.3 Å². The molecule has 1 N–H and O–H groups in total. The quantitative estimate of drug-likeness (QED) is 0.843. The predicted octanol–water partition coefficient (Wildman–Crippen LogP) is 2.88. The van der Waals surface area contributed by atoms with Gasteiger partial charge in [0.2, 0.25) is 0 Å². The van der Waals surface area contributed by atoms with E-state index in [1.54, 1.807) is 11.1 Å². The van der Waals surface area contributed by atoms with Gasteiger partial charge in [-0.05, 0) is 55.5 Å². The Morgan fingerprint density at radius 1 is 1.44 bits per heavy atom. The minimum atomic E-state index is 0.776. The van der Waals surface area contributed by atoms with E-state index in [0.717, 1.165) is 11.2 Å². The minimum absolute atomic E-state index is 0.776. The van der Waals surface area contributed by atoms with Crippen LogP contribution < -0.4 is 5.32 Å². The second-order valence-electron chi connectivity index (χ2n) is 5.14. The fourth-order valence-electron chi connectivity index (χ4n) is 2.82. The molecule has 3 rings (SSSR count). The van der Waals surface area contributed by atoms with Crippen LogP contribution in [0.3, 0.4) is 0 Å². The van der Waals surface area contributed by atoms with Crippen molar-refractivity contribution >= 4 is 11.8 Å². The highest BCUT2D eigenvalue weighted by Crippen LogP contribution is 2.37. The smallest absolute Gasteiger partial charge is 0.0107 e. The van der Waals surface area contributed by atoms with Crippen LogP contribution in [0.1, 0.15) is 24.5 Å². The molecule has 1 saturated heterocycles. The first-order valence-corrected chi connectivity index (χ1v) is 7.18. The molecule has 0 aliphatic carbocycles. The van der Waals surface area contributed by atoms with E-state index in [-0.39, 0.29) is 0 Å². The summed E-state index contributed by atoms with van der Waals surface area (Å²) >= 11 is 2.03. The number of hydrogen-bond donors (Lipinski definition) is 1. The van der Waals surface area contributed by atoms with Crippen molar-refractivity contribution < 1.29 is 0 Å². The number of benzene rings is 1. The molecule has 2 aliphatic rings.